The summed E-state index contributed by atoms with van der Waals surface area (Å²) in [5, 5.41) is 27.7. The molecule has 0 atom stereocenters. The van der Waals surface area contributed by atoms with Gasteiger partial charge in [-0.05, 0) is 177 Å². The monoisotopic (exact) mass is 2470 g/mol. The van der Waals surface area contributed by atoms with Crippen LogP contribution in [0.5, 0.6) is 34.5 Å². The molecule has 22 heteroatoms. The summed E-state index contributed by atoms with van der Waals surface area (Å²) in [6, 6.07) is 140. The van der Waals surface area contributed by atoms with Crippen molar-refractivity contribution in [2.45, 2.75) is 90.0 Å². The second-order valence-corrected chi connectivity index (χ2v) is 36.9. The molecule has 0 amide bonds. The fraction of sp³-hybridized carbons (Fsp3) is 0.103. The Morgan fingerprint density at radius 1 is 0.230 bits per heavy atom. The van der Waals surface area contributed by atoms with E-state index in [-0.39, 0.29) is 90.9 Å². The van der Waals surface area contributed by atoms with Crippen LogP contribution in [0.15, 0.2) is 371 Å². The van der Waals surface area contributed by atoms with Crippen molar-refractivity contribution in [3.05, 3.63) is 447 Å². The number of aryl methyl sites for hydroxylation is 6. The largest absolute Gasteiger partial charge is 2.00 e. The van der Waals surface area contributed by atoms with Crippen LogP contribution in [-0.2, 0) is 68.6 Å². The number of aromatic nitrogens is 16. The Bertz CT molecular complexity index is 9220. The topological polar surface area (TPSA) is 162 Å². The number of hydrogen-bond donors (Lipinski definition) is 0. The van der Waals surface area contributed by atoms with Crippen LogP contribution in [0.4, 0.5) is 0 Å². The Morgan fingerprint density at radius 3 is 0.851 bits per heavy atom. The van der Waals surface area contributed by atoms with Crippen LogP contribution in [0.3, 0.4) is 0 Å². The fourth-order valence-electron chi connectivity index (χ4n) is 20.3. The van der Waals surface area contributed by atoms with Gasteiger partial charge in [0.25, 0.3) is 0 Å². The zero-order chi connectivity index (χ0) is 95.7. The SMILES string of the molecule is C.C.C.Cc1cc(C)n(-c2[c-]c(Oc3[c-]c4c(cc3)c3ccccc3n4-c3cc(-n4c5ccccc5c5ccccc54)ccn3)cc(C(C)(C)C)c2)n1.Cc1cc(C)n(-c2[c-]c(Oc3[c-]c4c(cc3)c3ccccc3n4-c3cc(-n4c5ccccc5c5ccccc54)ccn3)ccc2)n1.Cc1cc(C)n(-c2[c-]c(Oc3[c-]c4c(cc3)c3ccccc3n4-c3cc(-n4c5ccccc5c5cccnc54)ccn3)ccc2)n1.[Pt+2].[Pt+2].[Pt+2]. The summed E-state index contributed by atoms with van der Waals surface area (Å²) in [7, 11) is 0. The molecule has 0 N–H and O–H groups in total. The van der Waals surface area contributed by atoms with Gasteiger partial charge in [-0.3, -0.25) is 18.6 Å². The summed E-state index contributed by atoms with van der Waals surface area (Å²) >= 11 is 0. The molecule has 13 aromatic heterocycles. The van der Waals surface area contributed by atoms with Crippen LogP contribution in [0.25, 0.3) is 183 Å². The van der Waals surface area contributed by atoms with Crippen molar-refractivity contribution in [1.29, 1.82) is 0 Å². The minimum Gasteiger partial charge on any atom is -0.509 e. The number of fused-ring (bicyclic) bond motifs is 18. The molecule has 0 bridgehead atoms. The molecule has 27 aromatic rings. The minimum atomic E-state index is -0.106. The van der Waals surface area contributed by atoms with Crippen LogP contribution in [0.2, 0.25) is 0 Å². The average Bonchev–Trinajstić information content (AvgIpc) is 1.59. The van der Waals surface area contributed by atoms with Crippen LogP contribution >= 0.6 is 0 Å². The van der Waals surface area contributed by atoms with Gasteiger partial charge < -0.3 is 37.0 Å². The van der Waals surface area contributed by atoms with E-state index in [9.17, 15) is 0 Å². The van der Waals surface area contributed by atoms with E-state index in [1.165, 1.54) is 21.5 Å². The van der Waals surface area contributed by atoms with E-state index in [0.717, 1.165) is 201 Å². The van der Waals surface area contributed by atoms with Crippen LogP contribution in [-0.4, -0.2) is 76.7 Å². The van der Waals surface area contributed by atoms with Crippen LogP contribution in [0.1, 0.15) is 82.8 Å². The fourth-order valence-corrected chi connectivity index (χ4v) is 20.3. The van der Waals surface area contributed by atoms with Gasteiger partial charge in [-0.2, -0.15) is 45.6 Å². The van der Waals surface area contributed by atoms with Gasteiger partial charge >= 0.3 is 63.2 Å². The second-order valence-electron chi connectivity index (χ2n) is 36.9. The van der Waals surface area contributed by atoms with Gasteiger partial charge in [-0.15, -0.1) is 113 Å². The van der Waals surface area contributed by atoms with Crippen molar-refractivity contribution >= 4 is 131 Å². The van der Waals surface area contributed by atoms with Gasteiger partial charge in [-0.25, -0.2) is 19.9 Å². The zero-order valence-corrected chi connectivity index (χ0v) is 86.9. The minimum absolute atomic E-state index is 0. The summed E-state index contributed by atoms with van der Waals surface area (Å²) in [5.41, 5.74) is 25.0. The summed E-state index contributed by atoms with van der Waals surface area (Å²) < 4.78 is 38.4. The second kappa shape index (κ2) is 40.9. The summed E-state index contributed by atoms with van der Waals surface area (Å²) in [5.74, 6) is 5.95. The standard InChI is InChI=1S/C44H35N5O.C40H27N5O.C39H26N6O.3CH4.3Pt/c1-28-22-29(2)49(46-28)32-23-30(44(3,4)5)24-34(25-32)50-33-18-19-38-37-14-8-11-17-41(37)48(42(38)27-33)43-26-31(20-21-45-43)47-39-15-9-6-12-35(39)36-13-7-10-16-40(36)47;1-26-22-27(2)45(42-26)29-10-9-11-30(23-29)46-31-18-19-35-34-14-5-8-17-38(34)44(39(35)25-31)40-24-28(20-21-41-40)43-36-15-6-3-12-32(36)33-13-4-7-16-37(33)43;1-25-21-26(2)45(42-25)28-9-7-10-29(22-28)46-30-16-17-33-31-11-3-6-15-36(31)44(37(33)24-30)38-23-27(18-20-40-38)43-35-14-5-4-12-32(35)34-13-8-19-41-39(34)43;;;;;;/h6-24,26H,1-5H3;3-22,24H,1-2H3;3-21,23H,1-2H3;3*1H4;;;/q3*-2;;;;3*+2. The van der Waals surface area contributed by atoms with Crippen molar-refractivity contribution in [3.63, 3.8) is 0 Å². The third-order valence-corrected chi connectivity index (χ3v) is 26.5. The van der Waals surface area contributed by atoms with E-state index in [1.807, 2.05) is 152 Å². The third-order valence-electron chi connectivity index (χ3n) is 26.5. The zero-order valence-electron chi connectivity index (χ0n) is 80.0. The van der Waals surface area contributed by atoms with Crippen molar-refractivity contribution in [2.75, 3.05) is 0 Å². The first-order valence-electron chi connectivity index (χ1n) is 47.3. The summed E-state index contributed by atoms with van der Waals surface area (Å²) in [6.07, 6.45) is 7.47. The summed E-state index contributed by atoms with van der Waals surface area (Å²) in [6.45, 7) is 18.7. The molecule has 13 heterocycles. The predicted molar refractivity (Wildman–Crippen MR) is 588 cm³/mol. The number of para-hydroxylation sites is 8. The molecule has 0 saturated heterocycles. The maximum absolute atomic E-state index is 6.61. The summed E-state index contributed by atoms with van der Waals surface area (Å²) in [4.78, 5) is 19.5. The quantitative estimate of drug-likeness (QED) is 0.0903. The number of rotatable bonds is 15. The first-order valence-corrected chi connectivity index (χ1v) is 47.3. The number of ether oxygens (including phenoxy) is 3. The van der Waals surface area contributed by atoms with Crippen molar-refractivity contribution in [2.24, 2.45) is 0 Å². The Hall–Kier alpha value is -16.4. The van der Waals surface area contributed by atoms with Gasteiger partial charge in [0.2, 0.25) is 0 Å². The molecule has 148 heavy (non-hydrogen) atoms. The van der Waals surface area contributed by atoms with E-state index in [1.54, 1.807) is 0 Å². The van der Waals surface area contributed by atoms with Gasteiger partial charge in [0, 0.05) is 143 Å². The molecule has 0 spiro atoms. The smallest absolute Gasteiger partial charge is 0.509 e. The molecule has 0 aliphatic heterocycles. The molecule has 14 aromatic carbocycles. The van der Waals surface area contributed by atoms with Crippen LogP contribution < -0.4 is 14.2 Å². The number of nitrogens with zero attached hydrogens (tertiary/aromatic N) is 16. The molecular formula is C126H100N16O3Pt3. The van der Waals surface area contributed by atoms with E-state index in [2.05, 4.69) is 369 Å². The van der Waals surface area contributed by atoms with E-state index in [0.29, 0.717) is 34.5 Å². The van der Waals surface area contributed by atoms with Crippen molar-refractivity contribution in [1.82, 2.24) is 76.7 Å². The Kier molecular flexibility index (Phi) is 27.7. The van der Waals surface area contributed by atoms with Gasteiger partial charge in [0.15, 0.2) is 0 Å². The number of pyridine rings is 4. The third kappa shape index (κ3) is 17.9. The van der Waals surface area contributed by atoms with Gasteiger partial charge in [-0.1, -0.05) is 205 Å². The van der Waals surface area contributed by atoms with E-state index >= 15 is 0 Å². The molecule has 0 fully saturated rings. The molecule has 732 valence electrons. The Labute approximate surface area is 900 Å². The molecule has 0 aliphatic carbocycles. The van der Waals surface area contributed by atoms with Crippen LogP contribution in [0, 0.1) is 77.9 Å². The van der Waals surface area contributed by atoms with Crippen molar-refractivity contribution in [3.8, 4) is 86.1 Å². The molecule has 0 unspecified atom stereocenters. The van der Waals surface area contributed by atoms with E-state index < -0.39 is 0 Å². The first kappa shape index (κ1) is 100. The van der Waals surface area contributed by atoms with E-state index in [4.69, 9.17) is 39.2 Å². The first-order chi connectivity index (χ1) is 69.5. The normalized spacial score (nSPS) is 11.4. The predicted octanol–water partition coefficient (Wildman–Crippen LogP) is 31.0. The number of benzene rings is 14. The Morgan fingerprint density at radius 2 is 0.514 bits per heavy atom. The maximum atomic E-state index is 6.61. The Balaban J connectivity index is 0.000000137. The molecular weight excluding hydrogens is 2370 g/mol. The average molecular weight is 2470 g/mol. The molecule has 0 saturated carbocycles. The molecule has 0 aliphatic rings. The maximum Gasteiger partial charge on any atom is 2.00 e. The van der Waals surface area contributed by atoms with Crippen molar-refractivity contribution < 1.29 is 77.4 Å². The molecule has 0 radical (unpaired) electrons. The molecule has 27 rings (SSSR count). The van der Waals surface area contributed by atoms with Gasteiger partial charge in [0.05, 0.1) is 61.7 Å². The number of hydrogen-bond acceptors (Lipinski definition) is 10. The molecule has 19 nitrogen and oxygen atoms in total. The van der Waals surface area contributed by atoms with Gasteiger partial charge in [0.1, 0.15) is 23.1 Å².